The zero-order chi connectivity index (χ0) is 14.5. The van der Waals surface area contributed by atoms with E-state index >= 15 is 0 Å². The number of benzene rings is 1. The topological polar surface area (TPSA) is 17.0 Å². The summed E-state index contributed by atoms with van der Waals surface area (Å²) < 4.78 is 28.3. The predicted octanol–water partition coefficient (Wildman–Crippen LogP) is 3.88. The molecule has 0 saturated heterocycles. The van der Waals surface area contributed by atoms with E-state index in [1.165, 1.54) is 17.7 Å². The molecular formula is C16H20F2N2. The lowest BCUT2D eigenvalue weighted by Crippen LogP contribution is -2.15. The van der Waals surface area contributed by atoms with E-state index in [1.807, 2.05) is 30.1 Å². The second-order valence-corrected chi connectivity index (χ2v) is 5.02. The summed E-state index contributed by atoms with van der Waals surface area (Å²) in [6, 6.07) is 6.00. The summed E-state index contributed by atoms with van der Waals surface area (Å²) in [7, 11) is 1.94. The highest BCUT2D eigenvalue weighted by Crippen LogP contribution is 2.19. The molecule has 20 heavy (non-hydrogen) atoms. The molecule has 0 fully saturated rings. The maximum Gasteiger partial charge on any atom is 0.126 e. The van der Waals surface area contributed by atoms with E-state index in [-0.39, 0.29) is 0 Å². The third-order valence-corrected chi connectivity index (χ3v) is 3.39. The van der Waals surface area contributed by atoms with Crippen molar-refractivity contribution in [1.82, 2.24) is 9.88 Å². The summed E-state index contributed by atoms with van der Waals surface area (Å²) in [6.07, 6.45) is 6.14. The van der Waals surface area contributed by atoms with Crippen molar-refractivity contribution < 1.29 is 8.78 Å². The molecule has 2 nitrogen and oxygen atoms in total. The molecule has 4 heteroatoms. The molecule has 0 amide bonds. The van der Waals surface area contributed by atoms with Gasteiger partial charge in [-0.05, 0) is 42.8 Å². The molecule has 1 aromatic heterocycles. The molecule has 1 heterocycles. The maximum absolute atomic E-state index is 13.2. The molecule has 0 aliphatic rings. The number of hydrogen-bond donors (Lipinski definition) is 1. The molecule has 1 aromatic carbocycles. The van der Waals surface area contributed by atoms with Gasteiger partial charge in [0.15, 0.2) is 0 Å². The van der Waals surface area contributed by atoms with Crippen molar-refractivity contribution in [3.63, 3.8) is 0 Å². The lowest BCUT2D eigenvalue weighted by molar-refractivity contribution is 0.540. The first-order valence-electron chi connectivity index (χ1n) is 6.90. The van der Waals surface area contributed by atoms with Crippen molar-refractivity contribution in [3.8, 4) is 0 Å². The minimum Gasteiger partial charge on any atom is -0.350 e. The number of nitrogens with one attached hydrogen (secondary N) is 1. The van der Waals surface area contributed by atoms with E-state index in [1.54, 1.807) is 0 Å². The standard InChI is InChI=1S/C16H20F2N2/c1-3-4-16(19-2)13-5-6-20(11-13)10-12-7-14(17)9-15(18)8-12/h5-9,11,16,19H,3-4,10H2,1-2H3. The molecule has 0 saturated carbocycles. The van der Waals surface area contributed by atoms with E-state index in [2.05, 4.69) is 12.2 Å². The van der Waals surface area contributed by atoms with Gasteiger partial charge in [-0.3, -0.25) is 0 Å². The minimum absolute atomic E-state index is 0.325. The Labute approximate surface area is 118 Å². The molecule has 2 rings (SSSR count). The van der Waals surface area contributed by atoms with E-state index in [4.69, 9.17) is 0 Å². The highest BCUT2D eigenvalue weighted by molar-refractivity contribution is 5.21. The Hall–Kier alpha value is -1.68. The number of rotatable bonds is 6. The van der Waals surface area contributed by atoms with E-state index in [0.29, 0.717) is 18.2 Å². The van der Waals surface area contributed by atoms with Crippen LogP contribution in [0, 0.1) is 11.6 Å². The van der Waals surface area contributed by atoms with Crippen LogP contribution >= 0.6 is 0 Å². The molecule has 0 aliphatic carbocycles. The van der Waals surface area contributed by atoms with E-state index in [0.717, 1.165) is 18.9 Å². The molecule has 0 aliphatic heterocycles. The van der Waals surface area contributed by atoms with Gasteiger partial charge in [-0.15, -0.1) is 0 Å². The fourth-order valence-electron chi connectivity index (χ4n) is 2.44. The van der Waals surface area contributed by atoms with Crippen LogP contribution in [0.1, 0.15) is 36.9 Å². The normalized spacial score (nSPS) is 12.6. The van der Waals surface area contributed by atoms with Gasteiger partial charge in [-0.25, -0.2) is 8.78 Å². The van der Waals surface area contributed by atoms with Crippen LogP contribution in [0.3, 0.4) is 0 Å². The maximum atomic E-state index is 13.2. The summed E-state index contributed by atoms with van der Waals surface area (Å²) >= 11 is 0. The van der Waals surface area contributed by atoms with Gasteiger partial charge < -0.3 is 9.88 Å². The number of hydrogen-bond acceptors (Lipinski definition) is 1. The Morgan fingerprint density at radius 2 is 1.90 bits per heavy atom. The molecule has 0 radical (unpaired) electrons. The Balaban J connectivity index is 2.12. The molecule has 1 unspecified atom stereocenters. The first-order valence-corrected chi connectivity index (χ1v) is 6.90. The van der Waals surface area contributed by atoms with Crippen LogP contribution in [-0.4, -0.2) is 11.6 Å². The summed E-state index contributed by atoms with van der Waals surface area (Å²) in [6.45, 7) is 2.62. The third-order valence-electron chi connectivity index (χ3n) is 3.39. The zero-order valence-electron chi connectivity index (χ0n) is 11.9. The van der Waals surface area contributed by atoms with Gasteiger partial charge in [0.1, 0.15) is 11.6 Å². The quantitative estimate of drug-likeness (QED) is 0.848. The van der Waals surface area contributed by atoms with Crippen LogP contribution in [-0.2, 0) is 6.54 Å². The van der Waals surface area contributed by atoms with E-state index in [9.17, 15) is 8.78 Å². The zero-order valence-corrected chi connectivity index (χ0v) is 11.9. The highest BCUT2D eigenvalue weighted by atomic mass is 19.1. The smallest absolute Gasteiger partial charge is 0.126 e. The second kappa shape index (κ2) is 6.66. The number of halogens is 2. The van der Waals surface area contributed by atoms with Gasteiger partial charge >= 0.3 is 0 Å². The molecular weight excluding hydrogens is 258 g/mol. The van der Waals surface area contributed by atoms with Gasteiger partial charge in [0.2, 0.25) is 0 Å². The lowest BCUT2D eigenvalue weighted by atomic mass is 10.1. The van der Waals surface area contributed by atoms with Crippen LogP contribution in [0.4, 0.5) is 8.78 Å². The second-order valence-electron chi connectivity index (χ2n) is 5.02. The highest BCUT2D eigenvalue weighted by Gasteiger charge is 2.09. The average molecular weight is 278 g/mol. The van der Waals surface area contributed by atoms with Crippen LogP contribution < -0.4 is 5.32 Å². The third kappa shape index (κ3) is 3.67. The van der Waals surface area contributed by atoms with Crippen molar-refractivity contribution in [1.29, 1.82) is 0 Å². The fraction of sp³-hybridized carbons (Fsp3) is 0.375. The SMILES string of the molecule is CCCC(NC)c1ccn(Cc2cc(F)cc(F)c2)c1. The molecule has 1 atom stereocenters. The summed E-state index contributed by atoms with van der Waals surface area (Å²) in [4.78, 5) is 0. The molecule has 2 aromatic rings. The van der Waals surface area contributed by atoms with Crippen LogP contribution in [0.5, 0.6) is 0 Å². The van der Waals surface area contributed by atoms with Crippen molar-refractivity contribution in [2.45, 2.75) is 32.4 Å². The van der Waals surface area contributed by atoms with Crippen LogP contribution in [0.25, 0.3) is 0 Å². The van der Waals surface area contributed by atoms with Gasteiger partial charge in [0, 0.05) is 31.0 Å². The van der Waals surface area contributed by atoms with Crippen LogP contribution in [0.15, 0.2) is 36.7 Å². The Morgan fingerprint density at radius 1 is 1.20 bits per heavy atom. The molecule has 0 spiro atoms. The van der Waals surface area contributed by atoms with Crippen molar-refractivity contribution in [2.24, 2.45) is 0 Å². The van der Waals surface area contributed by atoms with Crippen molar-refractivity contribution in [3.05, 3.63) is 59.4 Å². The first kappa shape index (κ1) is 14.7. The minimum atomic E-state index is -0.536. The Bertz CT molecular complexity index is 543. The van der Waals surface area contributed by atoms with Gasteiger partial charge in [-0.2, -0.15) is 0 Å². The largest absolute Gasteiger partial charge is 0.350 e. The first-order chi connectivity index (χ1) is 9.62. The van der Waals surface area contributed by atoms with Gasteiger partial charge in [0.25, 0.3) is 0 Å². The van der Waals surface area contributed by atoms with Crippen molar-refractivity contribution >= 4 is 0 Å². The molecule has 108 valence electrons. The Kier molecular flexibility index (Phi) is 4.90. The molecule has 0 bridgehead atoms. The number of aromatic nitrogens is 1. The summed E-state index contributed by atoms with van der Waals surface area (Å²) in [5.41, 5.74) is 1.83. The van der Waals surface area contributed by atoms with Gasteiger partial charge in [-0.1, -0.05) is 13.3 Å². The van der Waals surface area contributed by atoms with Gasteiger partial charge in [0.05, 0.1) is 0 Å². The molecule has 1 N–H and O–H groups in total. The lowest BCUT2D eigenvalue weighted by Gasteiger charge is -2.13. The van der Waals surface area contributed by atoms with Crippen molar-refractivity contribution in [2.75, 3.05) is 7.05 Å². The van der Waals surface area contributed by atoms with Crippen LogP contribution in [0.2, 0.25) is 0 Å². The van der Waals surface area contributed by atoms with E-state index < -0.39 is 11.6 Å². The monoisotopic (exact) mass is 278 g/mol. The summed E-state index contributed by atoms with van der Waals surface area (Å²) in [5.74, 6) is -1.07. The predicted molar refractivity (Wildman–Crippen MR) is 76.6 cm³/mol. The average Bonchev–Trinajstić information content (AvgIpc) is 2.83. The summed E-state index contributed by atoms with van der Waals surface area (Å²) in [5, 5.41) is 3.28. The Morgan fingerprint density at radius 3 is 2.50 bits per heavy atom. The number of nitrogens with zero attached hydrogens (tertiary/aromatic N) is 1. The fourth-order valence-corrected chi connectivity index (χ4v) is 2.44.